The van der Waals surface area contributed by atoms with Crippen molar-refractivity contribution in [2.45, 2.75) is 53.1 Å². The van der Waals surface area contributed by atoms with Gasteiger partial charge in [0.25, 0.3) is 0 Å². The largest absolute Gasteiger partial charge is 0.493 e. The topological polar surface area (TPSA) is 133 Å². The second-order valence-electron chi connectivity index (χ2n) is 13.0. The van der Waals surface area contributed by atoms with Crippen molar-refractivity contribution in [3.05, 3.63) is 63.2 Å². The Bertz CT molecular complexity index is 1750. The molecule has 4 aliphatic rings. The van der Waals surface area contributed by atoms with Crippen LogP contribution in [0, 0.1) is 17.3 Å². The highest BCUT2D eigenvalue weighted by atomic mass is 16.7. The molecule has 0 N–H and O–H groups in total. The molecule has 0 aromatic heterocycles. The lowest BCUT2D eigenvalue weighted by Crippen LogP contribution is -2.37. The van der Waals surface area contributed by atoms with E-state index >= 15 is 0 Å². The lowest BCUT2D eigenvalue weighted by molar-refractivity contribution is -0.156. The Morgan fingerprint density at radius 3 is 2.00 bits per heavy atom. The highest BCUT2D eigenvalue weighted by molar-refractivity contribution is 6.25. The molecule has 0 spiro atoms. The summed E-state index contributed by atoms with van der Waals surface area (Å²) in [6.45, 7) is 8.44. The molecule has 6 rings (SSSR count). The molecule has 2 aromatic rings. The number of Topliss-reactive ketones (excluding diaryl/α,β-unsaturated/α-hetero) is 2. The average molecular weight is 647 g/mol. The van der Waals surface area contributed by atoms with E-state index in [1.807, 2.05) is 6.07 Å². The summed E-state index contributed by atoms with van der Waals surface area (Å²) in [5, 5.41) is 0. The molecule has 0 amide bonds. The number of carbonyl (C=O) groups excluding carboxylic acids is 4. The molecule has 11 heteroatoms. The van der Waals surface area contributed by atoms with Gasteiger partial charge in [-0.2, -0.15) is 0 Å². The van der Waals surface area contributed by atoms with Gasteiger partial charge in [-0.05, 0) is 56.2 Å². The molecule has 1 fully saturated rings. The minimum Gasteiger partial charge on any atom is -0.493 e. The summed E-state index contributed by atoms with van der Waals surface area (Å²) in [4.78, 5) is 53.6. The van der Waals surface area contributed by atoms with Gasteiger partial charge in [-0.25, -0.2) is 0 Å². The van der Waals surface area contributed by atoms with Gasteiger partial charge in [0, 0.05) is 45.1 Å². The summed E-state index contributed by atoms with van der Waals surface area (Å²) in [7, 11) is 4.55. The predicted molar refractivity (Wildman–Crippen MR) is 167 cm³/mol. The van der Waals surface area contributed by atoms with Crippen molar-refractivity contribution in [2.24, 2.45) is 17.3 Å². The molecule has 2 heterocycles. The van der Waals surface area contributed by atoms with Gasteiger partial charge in [0.05, 0.1) is 40.3 Å². The third-order valence-electron chi connectivity index (χ3n) is 9.87. The van der Waals surface area contributed by atoms with Crippen molar-refractivity contribution >= 4 is 23.5 Å². The van der Waals surface area contributed by atoms with Gasteiger partial charge in [-0.15, -0.1) is 0 Å². The van der Waals surface area contributed by atoms with Crippen LogP contribution in [0.1, 0.15) is 69.8 Å². The number of hydrogen-bond acceptors (Lipinski definition) is 11. The maximum Gasteiger partial charge on any atom is 0.310 e. The first kappa shape index (κ1) is 32.2. The quantitative estimate of drug-likeness (QED) is 0.278. The second kappa shape index (κ2) is 11.8. The number of rotatable bonds is 8. The molecule has 47 heavy (non-hydrogen) atoms. The first-order chi connectivity index (χ1) is 22.3. The molecule has 0 radical (unpaired) electrons. The molecule has 0 bridgehead atoms. The zero-order chi connectivity index (χ0) is 33.9. The Hall–Kier alpha value is -4.80. The van der Waals surface area contributed by atoms with Crippen LogP contribution in [0.5, 0.6) is 28.7 Å². The summed E-state index contributed by atoms with van der Waals surface area (Å²) in [6, 6.07) is 7.21. The van der Waals surface area contributed by atoms with Crippen LogP contribution in [-0.4, -0.2) is 58.2 Å². The van der Waals surface area contributed by atoms with E-state index in [-0.39, 0.29) is 31.4 Å². The second-order valence-corrected chi connectivity index (χ2v) is 13.0. The number of benzene rings is 2. The van der Waals surface area contributed by atoms with Crippen LogP contribution in [0.2, 0.25) is 0 Å². The molecular weight excluding hydrogens is 608 g/mol. The number of hydrogen-bond donors (Lipinski definition) is 0. The van der Waals surface area contributed by atoms with Crippen LogP contribution >= 0.6 is 0 Å². The van der Waals surface area contributed by atoms with E-state index in [0.29, 0.717) is 67.7 Å². The first-order valence-corrected chi connectivity index (χ1v) is 15.4. The standard InChI is InChI=1S/C36H38O11/c1-16-17(2)32(39)30(18(3)31(16)38)36(4,5)13-27(37)47-33-21-12-24-23(45-15-46-24)11-20(21)28(29-22(33)14-44-35(29)40)19-9-25(41-6)34(43-8)26(10-19)42-7/h9-12,22,28-29,33H,13-15H2,1-8H3/t22-,28+,29-,33+/m0/s1. The molecule has 2 aliphatic heterocycles. The van der Waals surface area contributed by atoms with Crippen molar-refractivity contribution in [3.63, 3.8) is 0 Å². The number of ketones is 2. The van der Waals surface area contributed by atoms with Gasteiger partial charge < -0.3 is 33.2 Å². The zero-order valence-corrected chi connectivity index (χ0v) is 27.7. The number of carbonyl (C=O) groups is 4. The van der Waals surface area contributed by atoms with Gasteiger partial charge in [0.1, 0.15) is 6.10 Å². The minimum absolute atomic E-state index is 0.0230. The molecule has 4 atom stereocenters. The Labute approximate surface area is 272 Å². The first-order valence-electron chi connectivity index (χ1n) is 15.4. The van der Waals surface area contributed by atoms with Crippen LogP contribution in [0.15, 0.2) is 46.6 Å². The highest BCUT2D eigenvalue weighted by Gasteiger charge is 2.54. The normalized spacial score (nSPS) is 23.4. The van der Waals surface area contributed by atoms with Crippen molar-refractivity contribution in [1.82, 2.24) is 0 Å². The van der Waals surface area contributed by atoms with Gasteiger partial charge in [-0.1, -0.05) is 13.8 Å². The fraction of sp³-hybridized carbons (Fsp3) is 0.444. The molecule has 2 aliphatic carbocycles. The van der Waals surface area contributed by atoms with Crippen molar-refractivity contribution in [1.29, 1.82) is 0 Å². The third kappa shape index (κ3) is 5.12. The van der Waals surface area contributed by atoms with Gasteiger partial charge in [0.2, 0.25) is 12.5 Å². The maximum atomic E-state index is 13.8. The highest BCUT2D eigenvalue weighted by Crippen LogP contribution is 2.57. The summed E-state index contributed by atoms with van der Waals surface area (Å²) < 4.78 is 40.1. The molecule has 248 valence electrons. The van der Waals surface area contributed by atoms with Crippen molar-refractivity contribution in [2.75, 3.05) is 34.7 Å². The summed E-state index contributed by atoms with van der Waals surface area (Å²) in [6.07, 6.45) is -1.05. The summed E-state index contributed by atoms with van der Waals surface area (Å²) in [5.74, 6) is -1.06. The minimum atomic E-state index is -1.01. The molecule has 0 unspecified atom stereocenters. The molecule has 0 saturated carbocycles. The number of ether oxygens (including phenoxy) is 7. The number of cyclic esters (lactones) is 1. The average Bonchev–Trinajstić information content (AvgIpc) is 3.67. The SMILES string of the molecule is COc1cc([C@@H]2c3cc4c(cc3[C@@H](OC(=O)CC(C)(C)C3=C(C)C(=O)C(C)=C(C)C3=O)[C@H]3COC(=O)[C@H]23)OCO4)cc(OC)c1OC. The van der Waals surface area contributed by atoms with E-state index < -0.39 is 41.2 Å². The monoisotopic (exact) mass is 646 g/mol. The number of fused-ring (bicyclic) bond motifs is 3. The molecule has 11 nitrogen and oxygen atoms in total. The number of esters is 2. The third-order valence-corrected chi connectivity index (χ3v) is 9.87. The zero-order valence-electron chi connectivity index (χ0n) is 27.7. The van der Waals surface area contributed by atoms with Gasteiger partial charge in [-0.3, -0.25) is 19.2 Å². The van der Waals surface area contributed by atoms with E-state index in [2.05, 4.69) is 0 Å². The van der Waals surface area contributed by atoms with Crippen LogP contribution in [0.4, 0.5) is 0 Å². The van der Waals surface area contributed by atoms with E-state index in [0.717, 1.165) is 0 Å². The van der Waals surface area contributed by atoms with E-state index in [1.165, 1.54) is 21.3 Å². The molecular formula is C36H38O11. The summed E-state index contributed by atoms with van der Waals surface area (Å²) in [5.41, 5.74) is 2.45. The van der Waals surface area contributed by atoms with E-state index in [4.69, 9.17) is 33.2 Å². The van der Waals surface area contributed by atoms with Gasteiger partial charge in [0.15, 0.2) is 34.6 Å². The Kier molecular flexibility index (Phi) is 8.05. The van der Waals surface area contributed by atoms with E-state index in [9.17, 15) is 19.2 Å². The fourth-order valence-electron chi connectivity index (χ4n) is 7.48. The molecule has 2 aromatic carbocycles. The molecule has 1 saturated heterocycles. The van der Waals surface area contributed by atoms with Crippen LogP contribution in [0.3, 0.4) is 0 Å². The van der Waals surface area contributed by atoms with Crippen LogP contribution in [-0.2, 0) is 28.7 Å². The van der Waals surface area contributed by atoms with Crippen LogP contribution in [0.25, 0.3) is 0 Å². The lowest BCUT2D eigenvalue weighted by atomic mass is 9.66. The van der Waals surface area contributed by atoms with Gasteiger partial charge >= 0.3 is 11.9 Å². The van der Waals surface area contributed by atoms with Crippen molar-refractivity contribution in [3.8, 4) is 28.7 Å². The lowest BCUT2D eigenvalue weighted by Gasteiger charge is -2.39. The van der Waals surface area contributed by atoms with Crippen LogP contribution < -0.4 is 23.7 Å². The number of methoxy groups -OCH3 is 3. The maximum absolute atomic E-state index is 13.8. The predicted octanol–water partition coefficient (Wildman–Crippen LogP) is 5.18. The smallest absolute Gasteiger partial charge is 0.310 e. The Morgan fingerprint density at radius 1 is 0.809 bits per heavy atom. The number of allylic oxidation sites excluding steroid dienone is 4. The fourth-order valence-corrected chi connectivity index (χ4v) is 7.48. The Morgan fingerprint density at radius 2 is 1.40 bits per heavy atom. The summed E-state index contributed by atoms with van der Waals surface area (Å²) >= 11 is 0. The van der Waals surface area contributed by atoms with E-state index in [1.54, 1.807) is 52.8 Å². The Balaban J connectivity index is 1.41. The van der Waals surface area contributed by atoms with Crippen molar-refractivity contribution < 1.29 is 52.3 Å².